The van der Waals surface area contributed by atoms with Crippen molar-refractivity contribution in [2.24, 2.45) is 17.8 Å². The van der Waals surface area contributed by atoms with Crippen LogP contribution < -0.4 is 0 Å². The zero-order valence-corrected chi connectivity index (χ0v) is 25.8. The van der Waals surface area contributed by atoms with Gasteiger partial charge in [0.2, 0.25) is 0 Å². The summed E-state index contributed by atoms with van der Waals surface area (Å²) >= 11 is 0. The lowest BCUT2D eigenvalue weighted by Crippen LogP contribution is -2.52. The Morgan fingerprint density at radius 3 is 0.974 bits per heavy atom. The Morgan fingerprint density at radius 2 is 0.718 bits per heavy atom. The summed E-state index contributed by atoms with van der Waals surface area (Å²) < 4.78 is 0.616. The van der Waals surface area contributed by atoms with E-state index in [-0.39, 0.29) is 0 Å². The first-order chi connectivity index (χ1) is 18.5. The van der Waals surface area contributed by atoms with E-state index in [1.165, 1.54) is 83.5 Å². The van der Waals surface area contributed by atoms with E-state index in [9.17, 15) is 29.7 Å². The maximum Gasteiger partial charge on any atom is 0.306 e. The summed E-state index contributed by atoms with van der Waals surface area (Å²) in [6.07, 6.45) is 20.9. The van der Waals surface area contributed by atoms with Gasteiger partial charge in [0.25, 0.3) is 0 Å². The molecule has 7 heteroatoms. The van der Waals surface area contributed by atoms with Crippen molar-refractivity contribution in [1.82, 2.24) is 0 Å². The molecule has 0 radical (unpaired) electrons. The van der Waals surface area contributed by atoms with Crippen LogP contribution in [0.3, 0.4) is 0 Å². The largest absolute Gasteiger partial charge is 0.481 e. The number of carboxylic acids is 3. The van der Waals surface area contributed by atoms with Gasteiger partial charge < -0.3 is 19.8 Å². The van der Waals surface area contributed by atoms with Gasteiger partial charge in [-0.05, 0) is 12.8 Å². The average Bonchev–Trinajstić information content (AvgIpc) is 2.90. The molecule has 0 heterocycles. The van der Waals surface area contributed by atoms with E-state index in [2.05, 4.69) is 6.92 Å². The van der Waals surface area contributed by atoms with Gasteiger partial charge in [-0.3, -0.25) is 14.4 Å². The van der Waals surface area contributed by atoms with E-state index in [4.69, 9.17) is 0 Å². The van der Waals surface area contributed by atoms with Crippen LogP contribution in [0.1, 0.15) is 143 Å². The molecule has 0 bridgehead atoms. The SMILES string of the molecule is CCCCCCCCCCCCCCCCC[N+](CCC(C)C(=O)O)(CCC(C)C(=O)O)CCC(C)C(=O)O. The fourth-order valence-electron chi connectivity index (χ4n) is 5.26. The normalized spacial score (nSPS) is 15.4. The Kier molecular flexibility index (Phi) is 22.1. The van der Waals surface area contributed by atoms with Crippen LogP contribution in [0.4, 0.5) is 0 Å². The molecule has 230 valence electrons. The maximum atomic E-state index is 11.5. The summed E-state index contributed by atoms with van der Waals surface area (Å²) in [6, 6.07) is 0. The van der Waals surface area contributed by atoms with Crippen molar-refractivity contribution in [1.29, 1.82) is 0 Å². The average molecular weight is 557 g/mol. The smallest absolute Gasteiger partial charge is 0.306 e. The highest BCUT2D eigenvalue weighted by atomic mass is 16.4. The monoisotopic (exact) mass is 556 g/mol. The molecular formula is C32H62NO6+. The van der Waals surface area contributed by atoms with Crippen LogP contribution >= 0.6 is 0 Å². The lowest BCUT2D eigenvalue weighted by molar-refractivity contribution is -0.929. The fraction of sp³-hybridized carbons (Fsp3) is 0.906. The first kappa shape index (κ1) is 37.4. The number of aliphatic carboxylic acids is 3. The second-order valence-electron chi connectivity index (χ2n) is 12.3. The van der Waals surface area contributed by atoms with Gasteiger partial charge in [-0.2, -0.15) is 0 Å². The molecular weight excluding hydrogens is 494 g/mol. The summed E-state index contributed by atoms with van der Waals surface area (Å²) in [4.78, 5) is 34.4. The van der Waals surface area contributed by atoms with Gasteiger partial charge in [0.15, 0.2) is 0 Å². The van der Waals surface area contributed by atoms with Crippen LogP contribution in [0.25, 0.3) is 0 Å². The molecule has 0 aromatic carbocycles. The van der Waals surface area contributed by atoms with Gasteiger partial charge in [-0.1, -0.05) is 111 Å². The molecule has 0 saturated heterocycles. The molecule has 0 amide bonds. The van der Waals surface area contributed by atoms with Crippen molar-refractivity contribution in [3.63, 3.8) is 0 Å². The maximum absolute atomic E-state index is 11.5. The molecule has 3 atom stereocenters. The molecule has 7 nitrogen and oxygen atoms in total. The van der Waals surface area contributed by atoms with Crippen molar-refractivity contribution >= 4 is 17.9 Å². The number of carboxylic acid groups (broad SMARTS) is 3. The highest BCUT2D eigenvalue weighted by Gasteiger charge is 2.31. The molecule has 0 fully saturated rings. The van der Waals surface area contributed by atoms with E-state index in [1.807, 2.05) is 0 Å². The predicted molar refractivity (Wildman–Crippen MR) is 159 cm³/mol. The summed E-state index contributed by atoms with van der Waals surface area (Å²) in [6.45, 7) is 10.2. The van der Waals surface area contributed by atoms with Crippen LogP contribution in [-0.2, 0) is 14.4 Å². The van der Waals surface area contributed by atoms with Crippen LogP contribution in [0, 0.1) is 17.8 Å². The Bertz CT molecular complexity index is 593. The molecule has 0 spiro atoms. The molecule has 0 aromatic heterocycles. The lowest BCUT2D eigenvalue weighted by Gasteiger charge is -2.40. The number of carbonyl (C=O) groups is 3. The van der Waals surface area contributed by atoms with E-state index in [1.54, 1.807) is 20.8 Å². The quantitative estimate of drug-likeness (QED) is 0.0665. The molecule has 0 rings (SSSR count). The molecule has 39 heavy (non-hydrogen) atoms. The zero-order valence-electron chi connectivity index (χ0n) is 25.8. The summed E-state index contributed by atoms with van der Waals surface area (Å²) in [5, 5.41) is 28.2. The fourth-order valence-corrected chi connectivity index (χ4v) is 5.26. The molecule has 3 N–H and O–H groups in total. The summed E-state index contributed by atoms with van der Waals surface area (Å²) in [7, 11) is 0. The number of quaternary nitrogens is 1. The van der Waals surface area contributed by atoms with Gasteiger partial charge >= 0.3 is 17.9 Å². The van der Waals surface area contributed by atoms with Crippen LogP contribution in [0.15, 0.2) is 0 Å². The van der Waals surface area contributed by atoms with Gasteiger partial charge in [0.1, 0.15) is 0 Å². The van der Waals surface area contributed by atoms with Crippen LogP contribution in [0.2, 0.25) is 0 Å². The highest BCUT2D eigenvalue weighted by Crippen LogP contribution is 2.22. The minimum Gasteiger partial charge on any atom is -0.481 e. The minimum atomic E-state index is -0.821. The highest BCUT2D eigenvalue weighted by molar-refractivity contribution is 5.70. The van der Waals surface area contributed by atoms with Crippen molar-refractivity contribution in [2.45, 2.75) is 143 Å². The molecule has 0 aromatic rings. The number of nitrogens with zero attached hydrogens (tertiary/aromatic N) is 1. The van der Waals surface area contributed by atoms with Crippen molar-refractivity contribution in [3.8, 4) is 0 Å². The second kappa shape index (κ2) is 23.1. The third-order valence-corrected chi connectivity index (χ3v) is 8.61. The van der Waals surface area contributed by atoms with Crippen LogP contribution in [-0.4, -0.2) is 63.9 Å². The Labute approximate surface area is 239 Å². The van der Waals surface area contributed by atoms with Gasteiger partial charge in [-0.25, -0.2) is 0 Å². The van der Waals surface area contributed by atoms with Crippen molar-refractivity contribution in [2.75, 3.05) is 26.2 Å². The molecule has 0 aliphatic rings. The van der Waals surface area contributed by atoms with Crippen LogP contribution in [0.5, 0.6) is 0 Å². The van der Waals surface area contributed by atoms with Crippen molar-refractivity contribution in [3.05, 3.63) is 0 Å². The first-order valence-electron chi connectivity index (χ1n) is 16.1. The van der Waals surface area contributed by atoms with Gasteiger partial charge in [0, 0.05) is 19.3 Å². The van der Waals surface area contributed by atoms with Gasteiger partial charge in [-0.15, -0.1) is 0 Å². The minimum absolute atomic E-state index is 0.475. The first-order valence-corrected chi connectivity index (χ1v) is 16.1. The Balaban J connectivity index is 4.66. The summed E-state index contributed by atoms with van der Waals surface area (Å²) in [5.41, 5.74) is 0. The molecule has 0 saturated carbocycles. The topological polar surface area (TPSA) is 112 Å². The van der Waals surface area contributed by atoms with Gasteiger partial charge in [0.05, 0.1) is 43.9 Å². The third kappa shape index (κ3) is 20.0. The Hall–Kier alpha value is -1.63. The zero-order chi connectivity index (χ0) is 29.5. The molecule has 0 aliphatic heterocycles. The lowest BCUT2D eigenvalue weighted by atomic mass is 10.0. The third-order valence-electron chi connectivity index (χ3n) is 8.61. The summed E-state index contributed by atoms with van der Waals surface area (Å²) in [5.74, 6) is -3.89. The van der Waals surface area contributed by atoms with E-state index < -0.39 is 35.7 Å². The second-order valence-corrected chi connectivity index (χ2v) is 12.3. The van der Waals surface area contributed by atoms with Crippen molar-refractivity contribution < 1.29 is 34.2 Å². The Morgan fingerprint density at radius 1 is 0.462 bits per heavy atom. The predicted octanol–water partition coefficient (Wildman–Crippen LogP) is 8.01. The number of rotatable bonds is 28. The van der Waals surface area contributed by atoms with E-state index in [0.29, 0.717) is 43.4 Å². The standard InChI is InChI=1S/C32H61NO6/c1-5-6-7-8-9-10-11-12-13-14-15-16-17-18-19-23-33(24-20-27(2)30(34)35,25-21-28(3)31(36)37)26-22-29(4)32(38)39/h27-29H,5-26H2,1-4H3,(H2-,34,35,36,37,38,39)/p+1. The number of hydrogen-bond acceptors (Lipinski definition) is 3. The molecule has 0 aliphatic carbocycles. The number of hydrogen-bond donors (Lipinski definition) is 3. The van der Waals surface area contributed by atoms with E-state index >= 15 is 0 Å². The van der Waals surface area contributed by atoms with E-state index in [0.717, 1.165) is 19.4 Å². The molecule has 3 unspecified atom stereocenters. The number of unbranched alkanes of at least 4 members (excludes halogenated alkanes) is 14.